The minimum atomic E-state index is -1.14. The molecule has 8 aromatic rings. The number of fused-ring (bicyclic) bond motifs is 2. The van der Waals surface area contributed by atoms with Crippen molar-refractivity contribution < 1.29 is 38.8 Å². The maximum absolute atomic E-state index is 14.8. The molecule has 0 saturated heterocycles. The van der Waals surface area contributed by atoms with Gasteiger partial charge in [0.05, 0.1) is 22.1 Å². The molecule has 2 unspecified atom stereocenters. The minimum Gasteiger partial charge on any atom is -0.508 e. The summed E-state index contributed by atoms with van der Waals surface area (Å²) in [4.78, 5) is 33.9. The summed E-state index contributed by atoms with van der Waals surface area (Å²) in [5.74, 6) is -0.995. The fourth-order valence-corrected chi connectivity index (χ4v) is 7.85. The van der Waals surface area contributed by atoms with Crippen LogP contribution in [-0.4, -0.2) is 50.3 Å². The van der Waals surface area contributed by atoms with E-state index in [1.807, 2.05) is 12.1 Å². The molecule has 6 aromatic carbocycles. The van der Waals surface area contributed by atoms with E-state index in [0.29, 0.717) is 43.9 Å². The number of benzene rings is 6. The summed E-state index contributed by atoms with van der Waals surface area (Å²) in [5, 5.41) is 39.2. The molecular formula is C48H35Cl4FN4O7. The molecule has 0 aliphatic heterocycles. The van der Waals surface area contributed by atoms with E-state index in [-0.39, 0.29) is 62.2 Å². The smallest absolute Gasteiger partial charge is 0.258 e. The van der Waals surface area contributed by atoms with Crippen molar-refractivity contribution in [2.24, 2.45) is 0 Å². The zero-order valence-corrected chi connectivity index (χ0v) is 36.2. The highest BCUT2D eigenvalue weighted by molar-refractivity contribution is 6.36. The zero-order valence-electron chi connectivity index (χ0n) is 33.2. The Labute approximate surface area is 385 Å². The van der Waals surface area contributed by atoms with Crippen molar-refractivity contribution in [2.45, 2.75) is 12.1 Å². The van der Waals surface area contributed by atoms with E-state index in [1.165, 1.54) is 48.8 Å². The van der Waals surface area contributed by atoms with Crippen molar-refractivity contribution in [3.63, 3.8) is 0 Å². The van der Waals surface area contributed by atoms with E-state index in [0.717, 1.165) is 0 Å². The fourth-order valence-electron chi connectivity index (χ4n) is 6.75. The minimum absolute atomic E-state index is 0.0103. The second kappa shape index (κ2) is 20.6. The van der Waals surface area contributed by atoms with E-state index in [2.05, 4.69) is 20.6 Å². The van der Waals surface area contributed by atoms with Gasteiger partial charge in [0.15, 0.2) is 13.2 Å². The van der Waals surface area contributed by atoms with Gasteiger partial charge in [-0.15, -0.1) is 0 Å². The lowest BCUT2D eigenvalue weighted by atomic mass is 9.95. The fraction of sp³-hybridized carbons (Fsp3) is 0.0833. The molecule has 0 aliphatic carbocycles. The number of phenols is 3. The van der Waals surface area contributed by atoms with Crippen molar-refractivity contribution in [3.8, 4) is 28.7 Å². The summed E-state index contributed by atoms with van der Waals surface area (Å²) in [5.41, 5.74) is 1.43. The van der Waals surface area contributed by atoms with Crippen LogP contribution in [0.2, 0.25) is 20.1 Å². The molecule has 16 heteroatoms. The van der Waals surface area contributed by atoms with Crippen LogP contribution in [-0.2, 0) is 9.59 Å². The lowest BCUT2D eigenvalue weighted by Crippen LogP contribution is -2.34. The highest BCUT2D eigenvalue weighted by Crippen LogP contribution is 2.42. The summed E-state index contributed by atoms with van der Waals surface area (Å²) in [6.45, 7) is -0.580. The third-order valence-electron chi connectivity index (χ3n) is 9.73. The number of pyridine rings is 2. The Balaban J connectivity index is 0.000000191. The van der Waals surface area contributed by atoms with Gasteiger partial charge in [0.2, 0.25) is 0 Å². The quantitative estimate of drug-likeness (QED) is 0.0802. The largest absolute Gasteiger partial charge is 0.508 e. The molecule has 324 valence electrons. The number of ether oxygens (including phenoxy) is 2. The predicted octanol–water partition coefficient (Wildman–Crippen LogP) is 10.9. The lowest BCUT2D eigenvalue weighted by molar-refractivity contribution is -0.124. The number of phenolic OH excluding ortho intramolecular Hbond substituents is 3. The molecule has 0 spiro atoms. The molecule has 64 heavy (non-hydrogen) atoms. The maximum atomic E-state index is 14.8. The standard InChI is InChI=1S/C24H17Cl2FN2O3.C24H18Cl2N2O4/c25-17-9-4-10-19(27)21(17)22(29-20(30)13-32-14-6-2-1-3-7-14)16-12-18(26)15-8-5-11-28-23(15)24(16)31;25-19-11-14(29)8-9-17(19)22(28-21(30)13-32-15-5-2-1-3-6-15)18-12-20(26)16-7-4-10-27-23(16)24(18)31/h1-12,22,31H,13H2,(H,29,30);1-12,22,29,31H,13H2,(H,28,30). The molecule has 2 atom stereocenters. The molecular weight excluding hydrogens is 905 g/mol. The summed E-state index contributed by atoms with van der Waals surface area (Å²) in [6, 6.07) is 34.1. The Morgan fingerprint density at radius 2 is 1.05 bits per heavy atom. The van der Waals surface area contributed by atoms with Crippen LogP contribution in [0.1, 0.15) is 34.3 Å². The molecule has 5 N–H and O–H groups in total. The van der Waals surface area contributed by atoms with Gasteiger partial charge in [0.25, 0.3) is 11.8 Å². The van der Waals surface area contributed by atoms with Gasteiger partial charge in [-0.1, -0.05) is 94.9 Å². The first kappa shape index (κ1) is 45.2. The van der Waals surface area contributed by atoms with E-state index in [1.54, 1.807) is 84.9 Å². The SMILES string of the molecule is O=C(COc1ccccc1)NC(c1cc(Cl)c2cccnc2c1O)c1c(F)cccc1Cl.O=C(COc1ccccc1)NC(c1ccc(O)cc1Cl)c1cc(Cl)c2cccnc2c1O. The van der Waals surface area contributed by atoms with Crippen molar-refractivity contribution >= 4 is 80.0 Å². The van der Waals surface area contributed by atoms with Gasteiger partial charge in [-0.2, -0.15) is 0 Å². The van der Waals surface area contributed by atoms with E-state index >= 15 is 0 Å². The lowest BCUT2D eigenvalue weighted by Gasteiger charge is -2.23. The van der Waals surface area contributed by atoms with Crippen LogP contribution in [0.3, 0.4) is 0 Å². The number of halogens is 5. The number of nitrogens with zero attached hydrogens (tertiary/aromatic N) is 2. The van der Waals surface area contributed by atoms with E-state index < -0.39 is 29.7 Å². The van der Waals surface area contributed by atoms with Crippen LogP contribution in [0.4, 0.5) is 4.39 Å². The molecule has 0 bridgehead atoms. The van der Waals surface area contributed by atoms with Crippen LogP contribution in [0.15, 0.2) is 146 Å². The van der Waals surface area contributed by atoms with Crippen molar-refractivity contribution in [1.29, 1.82) is 0 Å². The number of para-hydroxylation sites is 2. The van der Waals surface area contributed by atoms with Crippen molar-refractivity contribution in [3.05, 3.63) is 194 Å². The van der Waals surface area contributed by atoms with Gasteiger partial charge < -0.3 is 35.4 Å². The van der Waals surface area contributed by atoms with Crippen LogP contribution < -0.4 is 20.1 Å². The summed E-state index contributed by atoms with van der Waals surface area (Å²) in [7, 11) is 0. The maximum Gasteiger partial charge on any atom is 0.258 e. The van der Waals surface area contributed by atoms with Crippen LogP contribution >= 0.6 is 46.4 Å². The molecule has 8 rings (SSSR count). The van der Waals surface area contributed by atoms with Gasteiger partial charge in [-0.25, -0.2) is 4.39 Å². The van der Waals surface area contributed by atoms with Crippen LogP contribution in [0.5, 0.6) is 28.7 Å². The van der Waals surface area contributed by atoms with Crippen molar-refractivity contribution in [2.75, 3.05) is 13.2 Å². The first-order valence-electron chi connectivity index (χ1n) is 19.3. The Morgan fingerprint density at radius 1 is 0.547 bits per heavy atom. The average molecular weight is 941 g/mol. The number of nitrogens with one attached hydrogen (secondary N) is 2. The monoisotopic (exact) mass is 938 g/mol. The molecule has 2 amide bonds. The highest BCUT2D eigenvalue weighted by atomic mass is 35.5. The Kier molecular flexibility index (Phi) is 14.5. The number of amides is 2. The van der Waals surface area contributed by atoms with Crippen LogP contribution in [0.25, 0.3) is 21.8 Å². The number of aromatic nitrogens is 2. The molecule has 11 nitrogen and oxygen atoms in total. The van der Waals surface area contributed by atoms with Gasteiger partial charge in [-0.3, -0.25) is 19.6 Å². The normalized spacial score (nSPS) is 11.8. The number of hydrogen-bond acceptors (Lipinski definition) is 9. The second-order valence-electron chi connectivity index (χ2n) is 13.9. The first-order chi connectivity index (χ1) is 30.9. The van der Waals surface area contributed by atoms with Crippen molar-refractivity contribution in [1.82, 2.24) is 20.6 Å². The molecule has 0 saturated carbocycles. The molecule has 0 fully saturated rings. The summed E-state index contributed by atoms with van der Waals surface area (Å²) < 4.78 is 25.8. The highest BCUT2D eigenvalue weighted by Gasteiger charge is 2.29. The number of carbonyl (C=O) groups is 2. The molecule has 2 aromatic heterocycles. The van der Waals surface area contributed by atoms with Gasteiger partial charge in [-0.05, 0) is 90.5 Å². The summed E-state index contributed by atoms with van der Waals surface area (Å²) >= 11 is 25.5. The third kappa shape index (κ3) is 10.5. The number of aromatic hydroxyl groups is 3. The molecule has 0 radical (unpaired) electrons. The Hall–Kier alpha value is -6.83. The van der Waals surface area contributed by atoms with Gasteiger partial charge in [0, 0.05) is 49.9 Å². The summed E-state index contributed by atoms with van der Waals surface area (Å²) in [6.07, 6.45) is 3.04. The molecule has 2 heterocycles. The first-order valence-corrected chi connectivity index (χ1v) is 20.8. The van der Waals surface area contributed by atoms with Gasteiger partial charge in [0.1, 0.15) is 45.6 Å². The topological polar surface area (TPSA) is 163 Å². The van der Waals surface area contributed by atoms with Gasteiger partial charge >= 0.3 is 0 Å². The average Bonchev–Trinajstić information content (AvgIpc) is 3.30. The molecule has 0 aliphatic rings. The third-order valence-corrected chi connectivity index (χ3v) is 11.0. The number of hydrogen-bond donors (Lipinski definition) is 5. The van der Waals surface area contributed by atoms with E-state index in [4.69, 9.17) is 55.9 Å². The predicted molar refractivity (Wildman–Crippen MR) is 245 cm³/mol. The Morgan fingerprint density at radius 3 is 1.55 bits per heavy atom. The van der Waals surface area contributed by atoms with E-state index in [9.17, 15) is 29.3 Å². The number of rotatable bonds is 12. The van der Waals surface area contributed by atoms with Crippen LogP contribution in [0, 0.1) is 5.82 Å². The Bertz CT molecular complexity index is 2950. The second-order valence-corrected chi connectivity index (χ2v) is 15.6. The zero-order chi connectivity index (χ0) is 45.3. The number of carbonyl (C=O) groups excluding carboxylic acids is 2.